The molecule has 0 aliphatic heterocycles. The molecule has 0 spiro atoms. The number of anilines is 1. The summed E-state index contributed by atoms with van der Waals surface area (Å²) in [5.41, 5.74) is 2.29. The topological polar surface area (TPSA) is 107 Å². The van der Waals surface area contributed by atoms with E-state index in [-0.39, 0.29) is 5.78 Å². The van der Waals surface area contributed by atoms with E-state index in [1.54, 1.807) is 45.0 Å². The van der Waals surface area contributed by atoms with Crippen LogP contribution in [0, 0.1) is 11.3 Å². The lowest BCUT2D eigenvalue weighted by molar-refractivity contribution is 0.0502. The number of para-hydroxylation sites is 2. The standard InChI is InChI=1S/C25H28N4O3/c1-16(30)18-9-5-8-12-21(18)28-23(14-26)22(29-24(31)32-25(2,3)4)13-17-15-27-20-11-7-6-10-19(17)20/h5-12,15,22-23,27-28H,13H2,1-4H3,(H,29,31). The number of ketones is 1. The number of nitriles is 1. The van der Waals surface area contributed by atoms with Crippen LogP contribution in [-0.4, -0.2) is 34.5 Å². The summed E-state index contributed by atoms with van der Waals surface area (Å²) in [5, 5.41) is 17.0. The minimum absolute atomic E-state index is 0.113. The molecule has 1 heterocycles. The van der Waals surface area contributed by atoms with Crippen LogP contribution in [0.1, 0.15) is 43.6 Å². The second-order valence-corrected chi connectivity index (χ2v) is 8.67. The van der Waals surface area contributed by atoms with E-state index < -0.39 is 23.8 Å². The highest BCUT2D eigenvalue weighted by Gasteiger charge is 2.28. The van der Waals surface area contributed by atoms with Crippen molar-refractivity contribution in [2.24, 2.45) is 0 Å². The third-order valence-corrected chi connectivity index (χ3v) is 4.98. The Labute approximate surface area is 187 Å². The van der Waals surface area contributed by atoms with Gasteiger partial charge in [0.1, 0.15) is 11.6 Å². The molecule has 2 unspecified atom stereocenters. The van der Waals surface area contributed by atoms with Crippen LogP contribution in [-0.2, 0) is 11.2 Å². The van der Waals surface area contributed by atoms with Gasteiger partial charge in [0.2, 0.25) is 0 Å². The summed E-state index contributed by atoms with van der Waals surface area (Å²) in [6.07, 6.45) is 1.66. The third kappa shape index (κ3) is 5.67. The largest absolute Gasteiger partial charge is 0.444 e. The summed E-state index contributed by atoms with van der Waals surface area (Å²) in [6, 6.07) is 15.7. The zero-order valence-corrected chi connectivity index (χ0v) is 18.7. The van der Waals surface area contributed by atoms with Gasteiger partial charge in [-0.3, -0.25) is 4.79 Å². The second kappa shape index (κ2) is 9.56. The van der Waals surface area contributed by atoms with Crippen molar-refractivity contribution in [2.75, 3.05) is 5.32 Å². The number of aromatic nitrogens is 1. The Hall–Kier alpha value is -3.79. The van der Waals surface area contributed by atoms with Gasteiger partial charge in [0, 0.05) is 28.4 Å². The van der Waals surface area contributed by atoms with E-state index >= 15 is 0 Å². The first-order valence-electron chi connectivity index (χ1n) is 10.5. The zero-order chi connectivity index (χ0) is 23.3. The Morgan fingerprint density at radius 1 is 1.12 bits per heavy atom. The average molecular weight is 433 g/mol. The number of ether oxygens (including phenoxy) is 1. The quantitative estimate of drug-likeness (QED) is 0.465. The lowest BCUT2D eigenvalue weighted by atomic mass is 9.98. The molecule has 3 rings (SSSR count). The minimum atomic E-state index is -0.809. The lowest BCUT2D eigenvalue weighted by Gasteiger charge is -2.27. The molecule has 0 saturated carbocycles. The van der Waals surface area contributed by atoms with Gasteiger partial charge >= 0.3 is 6.09 Å². The maximum Gasteiger partial charge on any atom is 0.407 e. The number of nitrogens with zero attached hydrogens (tertiary/aromatic N) is 1. The van der Waals surface area contributed by atoms with Crippen LogP contribution in [0.25, 0.3) is 10.9 Å². The van der Waals surface area contributed by atoms with Crippen LogP contribution in [0.15, 0.2) is 54.7 Å². The smallest absolute Gasteiger partial charge is 0.407 e. The minimum Gasteiger partial charge on any atom is -0.444 e. The fourth-order valence-corrected chi connectivity index (χ4v) is 3.55. The number of amides is 1. The van der Waals surface area contributed by atoms with Crippen LogP contribution >= 0.6 is 0 Å². The van der Waals surface area contributed by atoms with E-state index in [1.807, 2.05) is 30.5 Å². The molecule has 3 aromatic rings. The molecule has 0 aliphatic carbocycles. The molecule has 0 radical (unpaired) electrons. The molecule has 3 N–H and O–H groups in total. The maximum absolute atomic E-state index is 12.6. The number of hydrogen-bond acceptors (Lipinski definition) is 5. The molecule has 7 heteroatoms. The molecule has 0 bridgehead atoms. The van der Waals surface area contributed by atoms with Gasteiger partial charge in [-0.1, -0.05) is 30.3 Å². The van der Waals surface area contributed by atoms with Gasteiger partial charge < -0.3 is 20.4 Å². The number of hydrogen-bond donors (Lipinski definition) is 3. The van der Waals surface area contributed by atoms with Crippen LogP contribution in [0.5, 0.6) is 0 Å². The number of fused-ring (bicyclic) bond motifs is 1. The number of rotatable bonds is 7. The average Bonchev–Trinajstić information content (AvgIpc) is 3.13. The highest BCUT2D eigenvalue weighted by Crippen LogP contribution is 2.22. The summed E-state index contributed by atoms with van der Waals surface area (Å²) >= 11 is 0. The molecule has 2 atom stereocenters. The van der Waals surface area contributed by atoms with Crippen molar-refractivity contribution in [1.82, 2.24) is 10.3 Å². The number of benzene rings is 2. The van der Waals surface area contributed by atoms with Crippen molar-refractivity contribution in [2.45, 2.75) is 51.8 Å². The van der Waals surface area contributed by atoms with Gasteiger partial charge in [-0.05, 0) is 57.9 Å². The van der Waals surface area contributed by atoms with Crippen molar-refractivity contribution in [1.29, 1.82) is 5.26 Å². The van der Waals surface area contributed by atoms with Crippen LogP contribution in [0.4, 0.5) is 10.5 Å². The van der Waals surface area contributed by atoms with E-state index in [4.69, 9.17) is 4.74 Å². The van der Waals surface area contributed by atoms with Crippen molar-refractivity contribution >= 4 is 28.5 Å². The van der Waals surface area contributed by atoms with Gasteiger partial charge in [0.05, 0.1) is 12.1 Å². The number of carbonyl (C=O) groups is 2. The predicted octanol–water partition coefficient (Wildman–Crippen LogP) is 4.81. The summed E-state index contributed by atoms with van der Waals surface area (Å²) in [7, 11) is 0. The molecule has 0 aliphatic rings. The Bertz CT molecular complexity index is 1150. The molecule has 1 amide bonds. The first-order valence-corrected chi connectivity index (χ1v) is 10.5. The third-order valence-electron chi connectivity index (χ3n) is 4.98. The molecule has 0 saturated heterocycles. The molecule has 32 heavy (non-hydrogen) atoms. The molecular weight excluding hydrogens is 404 g/mol. The molecule has 1 aromatic heterocycles. The maximum atomic E-state index is 12.6. The Kier molecular flexibility index (Phi) is 6.84. The number of H-pyrrole nitrogens is 1. The number of Topliss-reactive ketones (excluding diaryl/α,β-unsaturated/α-hetero) is 1. The van der Waals surface area contributed by atoms with Crippen molar-refractivity contribution < 1.29 is 14.3 Å². The highest BCUT2D eigenvalue weighted by molar-refractivity contribution is 5.99. The normalized spacial score (nSPS) is 13.1. The Morgan fingerprint density at radius 2 is 1.81 bits per heavy atom. The summed E-state index contributed by atoms with van der Waals surface area (Å²) in [5.74, 6) is -0.113. The Balaban J connectivity index is 1.92. The van der Waals surface area contributed by atoms with E-state index in [0.717, 1.165) is 16.5 Å². The highest BCUT2D eigenvalue weighted by atomic mass is 16.6. The fourth-order valence-electron chi connectivity index (χ4n) is 3.55. The lowest BCUT2D eigenvalue weighted by Crippen LogP contribution is -2.49. The van der Waals surface area contributed by atoms with Crippen LogP contribution < -0.4 is 10.6 Å². The predicted molar refractivity (Wildman–Crippen MR) is 125 cm³/mol. The molecule has 7 nitrogen and oxygen atoms in total. The van der Waals surface area contributed by atoms with Crippen molar-refractivity contribution in [3.63, 3.8) is 0 Å². The van der Waals surface area contributed by atoms with Crippen molar-refractivity contribution in [3.05, 3.63) is 65.9 Å². The summed E-state index contributed by atoms with van der Waals surface area (Å²) in [6.45, 7) is 6.82. The monoisotopic (exact) mass is 432 g/mol. The van der Waals surface area contributed by atoms with Gasteiger partial charge in [0.25, 0.3) is 0 Å². The summed E-state index contributed by atoms with van der Waals surface area (Å²) in [4.78, 5) is 27.8. The number of carbonyl (C=O) groups excluding carboxylic acids is 2. The second-order valence-electron chi connectivity index (χ2n) is 8.67. The summed E-state index contributed by atoms with van der Waals surface area (Å²) < 4.78 is 5.43. The zero-order valence-electron chi connectivity index (χ0n) is 18.7. The molecule has 0 fully saturated rings. The van der Waals surface area contributed by atoms with Crippen molar-refractivity contribution in [3.8, 4) is 6.07 Å². The molecule has 2 aromatic carbocycles. The van der Waals surface area contributed by atoms with E-state index in [0.29, 0.717) is 17.7 Å². The van der Waals surface area contributed by atoms with Gasteiger partial charge in [-0.15, -0.1) is 0 Å². The number of alkyl carbamates (subject to hydrolysis) is 1. The number of aromatic amines is 1. The SMILES string of the molecule is CC(=O)c1ccccc1NC(C#N)C(Cc1c[nH]c2ccccc12)NC(=O)OC(C)(C)C. The van der Waals surface area contributed by atoms with Gasteiger partial charge in [0.15, 0.2) is 5.78 Å². The first-order chi connectivity index (χ1) is 15.2. The molecular formula is C25H28N4O3. The van der Waals surface area contributed by atoms with Crippen LogP contribution in [0.2, 0.25) is 0 Å². The van der Waals surface area contributed by atoms with Crippen LogP contribution in [0.3, 0.4) is 0 Å². The molecule has 166 valence electrons. The Morgan fingerprint density at radius 3 is 2.50 bits per heavy atom. The van der Waals surface area contributed by atoms with Gasteiger partial charge in [-0.25, -0.2) is 4.79 Å². The number of nitrogens with one attached hydrogen (secondary N) is 3. The first kappa shape index (κ1) is 22.9. The van der Waals surface area contributed by atoms with E-state index in [9.17, 15) is 14.9 Å². The van der Waals surface area contributed by atoms with E-state index in [1.165, 1.54) is 6.92 Å². The fraction of sp³-hybridized carbons (Fsp3) is 0.320. The van der Waals surface area contributed by atoms with Gasteiger partial charge in [-0.2, -0.15) is 5.26 Å². The van der Waals surface area contributed by atoms with E-state index in [2.05, 4.69) is 21.7 Å².